The van der Waals surface area contributed by atoms with E-state index in [0.717, 1.165) is 12.1 Å². The standard InChI is InChI=1S/C16H13ClFN3O2/c17-13-4-2-1-3-12(13)15(22)9-20-16(23)21-14-6-5-11(18)7-10(14)8-19/h1-7,15,22H,9H2,(H2,20,21,23). The first-order valence-corrected chi connectivity index (χ1v) is 7.06. The van der Waals surface area contributed by atoms with E-state index >= 15 is 0 Å². The summed E-state index contributed by atoms with van der Waals surface area (Å²) in [5.74, 6) is -0.568. The molecule has 2 rings (SSSR count). The summed E-state index contributed by atoms with van der Waals surface area (Å²) in [5, 5.41) is 24.2. The molecule has 5 nitrogen and oxygen atoms in total. The van der Waals surface area contributed by atoms with Crippen molar-refractivity contribution >= 4 is 23.3 Å². The van der Waals surface area contributed by atoms with Crippen molar-refractivity contribution in [3.05, 3.63) is 64.4 Å². The van der Waals surface area contributed by atoms with Gasteiger partial charge in [-0.1, -0.05) is 29.8 Å². The SMILES string of the molecule is N#Cc1cc(F)ccc1NC(=O)NCC(O)c1ccccc1Cl. The molecule has 23 heavy (non-hydrogen) atoms. The van der Waals surface area contributed by atoms with Gasteiger partial charge in [-0.25, -0.2) is 9.18 Å². The predicted molar refractivity (Wildman–Crippen MR) is 84.5 cm³/mol. The van der Waals surface area contributed by atoms with Crippen LogP contribution in [0.3, 0.4) is 0 Å². The molecule has 0 aromatic heterocycles. The lowest BCUT2D eigenvalue weighted by atomic mass is 10.1. The van der Waals surface area contributed by atoms with E-state index in [4.69, 9.17) is 16.9 Å². The highest BCUT2D eigenvalue weighted by atomic mass is 35.5. The van der Waals surface area contributed by atoms with E-state index in [1.165, 1.54) is 6.07 Å². The van der Waals surface area contributed by atoms with Gasteiger partial charge in [0.1, 0.15) is 11.9 Å². The minimum atomic E-state index is -0.974. The lowest BCUT2D eigenvalue weighted by Crippen LogP contribution is -2.32. The van der Waals surface area contributed by atoms with Crippen LogP contribution >= 0.6 is 11.6 Å². The smallest absolute Gasteiger partial charge is 0.319 e. The third kappa shape index (κ3) is 4.42. The summed E-state index contributed by atoms with van der Waals surface area (Å²) in [6.45, 7) is -0.0708. The molecule has 2 aromatic rings. The summed E-state index contributed by atoms with van der Waals surface area (Å²) in [7, 11) is 0. The Kier molecular flexibility index (Phi) is 5.52. The monoisotopic (exact) mass is 333 g/mol. The number of amides is 2. The van der Waals surface area contributed by atoms with E-state index in [-0.39, 0.29) is 17.8 Å². The number of urea groups is 1. The molecule has 0 fully saturated rings. The van der Waals surface area contributed by atoms with Crippen molar-refractivity contribution in [3.8, 4) is 6.07 Å². The van der Waals surface area contributed by atoms with Gasteiger partial charge in [0.05, 0.1) is 17.4 Å². The first-order valence-electron chi connectivity index (χ1n) is 6.68. The number of rotatable bonds is 4. The molecule has 0 bridgehead atoms. The lowest BCUT2D eigenvalue weighted by Gasteiger charge is -2.14. The molecule has 0 saturated heterocycles. The number of nitrogens with zero attached hydrogens (tertiary/aromatic N) is 1. The van der Waals surface area contributed by atoms with E-state index in [1.807, 2.05) is 0 Å². The number of hydrogen-bond donors (Lipinski definition) is 3. The van der Waals surface area contributed by atoms with Gasteiger partial charge in [-0.3, -0.25) is 0 Å². The molecule has 0 heterocycles. The molecular formula is C16H13ClFN3O2. The lowest BCUT2D eigenvalue weighted by molar-refractivity contribution is 0.175. The molecule has 0 aliphatic carbocycles. The van der Waals surface area contributed by atoms with E-state index in [2.05, 4.69) is 10.6 Å². The molecule has 2 amide bonds. The molecule has 0 aliphatic rings. The van der Waals surface area contributed by atoms with Crippen LogP contribution in [0.25, 0.3) is 0 Å². The molecule has 0 aliphatic heterocycles. The maximum atomic E-state index is 13.0. The van der Waals surface area contributed by atoms with E-state index in [0.29, 0.717) is 10.6 Å². The fourth-order valence-electron chi connectivity index (χ4n) is 1.93. The number of aliphatic hydroxyl groups is 1. The Morgan fingerprint density at radius 3 is 2.78 bits per heavy atom. The summed E-state index contributed by atoms with van der Waals surface area (Å²) in [6.07, 6.45) is -0.974. The summed E-state index contributed by atoms with van der Waals surface area (Å²) in [5.41, 5.74) is 0.680. The molecule has 0 radical (unpaired) electrons. The number of halogens is 2. The number of aliphatic hydroxyl groups excluding tert-OH is 1. The third-order valence-corrected chi connectivity index (χ3v) is 3.41. The van der Waals surface area contributed by atoms with Crippen molar-refractivity contribution in [3.63, 3.8) is 0 Å². The molecular weight excluding hydrogens is 321 g/mol. The van der Waals surface area contributed by atoms with Crippen LogP contribution in [0, 0.1) is 17.1 Å². The van der Waals surface area contributed by atoms with Crippen molar-refractivity contribution in [1.82, 2.24) is 5.32 Å². The summed E-state index contributed by atoms with van der Waals surface area (Å²) in [4.78, 5) is 11.8. The van der Waals surface area contributed by atoms with Gasteiger partial charge in [0.2, 0.25) is 0 Å². The minimum absolute atomic E-state index is 0.00630. The van der Waals surface area contributed by atoms with Crippen LogP contribution < -0.4 is 10.6 Å². The van der Waals surface area contributed by atoms with Crippen LogP contribution in [0.15, 0.2) is 42.5 Å². The quantitative estimate of drug-likeness (QED) is 0.803. The van der Waals surface area contributed by atoms with Gasteiger partial charge in [-0.15, -0.1) is 0 Å². The predicted octanol–water partition coefficient (Wildman–Crippen LogP) is 3.21. The summed E-state index contributed by atoms with van der Waals surface area (Å²) in [6, 6.07) is 11.4. The Morgan fingerprint density at radius 1 is 1.35 bits per heavy atom. The molecule has 118 valence electrons. The van der Waals surface area contributed by atoms with Crippen LogP contribution in [0.4, 0.5) is 14.9 Å². The Balaban J connectivity index is 1.96. The summed E-state index contributed by atoms with van der Waals surface area (Å²) >= 11 is 5.96. The Morgan fingerprint density at radius 2 is 2.09 bits per heavy atom. The van der Waals surface area contributed by atoms with Gasteiger partial charge in [0, 0.05) is 17.1 Å². The number of anilines is 1. The number of carbonyl (C=O) groups is 1. The minimum Gasteiger partial charge on any atom is -0.387 e. The maximum absolute atomic E-state index is 13.0. The van der Waals surface area contributed by atoms with Crippen LogP contribution in [0.5, 0.6) is 0 Å². The second-order valence-corrected chi connectivity index (χ2v) is 5.08. The largest absolute Gasteiger partial charge is 0.387 e. The molecule has 0 spiro atoms. The first kappa shape index (κ1) is 16.7. The zero-order chi connectivity index (χ0) is 16.8. The highest BCUT2D eigenvalue weighted by Gasteiger charge is 2.13. The van der Waals surface area contributed by atoms with Crippen molar-refractivity contribution in [2.45, 2.75) is 6.10 Å². The molecule has 1 atom stereocenters. The molecule has 3 N–H and O–H groups in total. The number of benzene rings is 2. The topological polar surface area (TPSA) is 85.2 Å². The van der Waals surface area contributed by atoms with Crippen LogP contribution in [0.1, 0.15) is 17.2 Å². The fraction of sp³-hybridized carbons (Fsp3) is 0.125. The van der Waals surface area contributed by atoms with E-state index in [9.17, 15) is 14.3 Å². The summed E-state index contributed by atoms with van der Waals surface area (Å²) < 4.78 is 13.0. The molecule has 7 heteroatoms. The number of nitriles is 1. The maximum Gasteiger partial charge on any atom is 0.319 e. The molecule has 0 saturated carbocycles. The zero-order valence-corrected chi connectivity index (χ0v) is 12.6. The Bertz CT molecular complexity index is 761. The van der Waals surface area contributed by atoms with Crippen molar-refractivity contribution in [2.24, 2.45) is 0 Å². The van der Waals surface area contributed by atoms with Crippen LogP contribution in [-0.4, -0.2) is 17.7 Å². The van der Waals surface area contributed by atoms with Gasteiger partial charge in [0.25, 0.3) is 0 Å². The fourth-order valence-corrected chi connectivity index (χ4v) is 2.19. The van der Waals surface area contributed by atoms with Crippen molar-refractivity contribution in [2.75, 3.05) is 11.9 Å². The van der Waals surface area contributed by atoms with Gasteiger partial charge in [0.15, 0.2) is 0 Å². The van der Waals surface area contributed by atoms with Gasteiger partial charge < -0.3 is 15.7 Å². The van der Waals surface area contributed by atoms with E-state index < -0.39 is 18.0 Å². The highest BCUT2D eigenvalue weighted by Crippen LogP contribution is 2.22. The molecule has 1 unspecified atom stereocenters. The Labute approximate surface area is 137 Å². The van der Waals surface area contributed by atoms with Crippen molar-refractivity contribution in [1.29, 1.82) is 5.26 Å². The van der Waals surface area contributed by atoms with Crippen LogP contribution in [0.2, 0.25) is 5.02 Å². The Hall–Kier alpha value is -2.62. The second kappa shape index (κ2) is 7.58. The first-order chi connectivity index (χ1) is 11.0. The highest BCUT2D eigenvalue weighted by molar-refractivity contribution is 6.31. The average molecular weight is 334 g/mol. The van der Waals surface area contributed by atoms with Gasteiger partial charge in [-0.05, 0) is 24.3 Å². The normalized spacial score (nSPS) is 11.4. The third-order valence-electron chi connectivity index (χ3n) is 3.07. The number of hydrogen-bond acceptors (Lipinski definition) is 3. The van der Waals surface area contributed by atoms with Gasteiger partial charge >= 0.3 is 6.03 Å². The zero-order valence-electron chi connectivity index (χ0n) is 11.9. The van der Waals surface area contributed by atoms with Gasteiger partial charge in [-0.2, -0.15) is 5.26 Å². The number of carbonyl (C=O) groups excluding carboxylic acids is 1. The molecule has 2 aromatic carbocycles. The van der Waals surface area contributed by atoms with Crippen LogP contribution in [-0.2, 0) is 0 Å². The second-order valence-electron chi connectivity index (χ2n) is 4.67. The van der Waals surface area contributed by atoms with E-state index in [1.54, 1.807) is 30.3 Å². The average Bonchev–Trinajstić information content (AvgIpc) is 2.54. The number of nitrogens with one attached hydrogen (secondary N) is 2. The van der Waals surface area contributed by atoms with Crippen molar-refractivity contribution < 1.29 is 14.3 Å².